The maximum absolute atomic E-state index is 12.2. The Morgan fingerprint density at radius 1 is 1.21 bits per heavy atom. The highest BCUT2D eigenvalue weighted by Crippen LogP contribution is 2.17. The van der Waals surface area contributed by atoms with Crippen LogP contribution in [0, 0.1) is 0 Å². The molecule has 0 atom stereocenters. The van der Waals surface area contributed by atoms with E-state index in [0.717, 1.165) is 11.5 Å². The van der Waals surface area contributed by atoms with Crippen LogP contribution in [0.3, 0.4) is 0 Å². The molecule has 3 rings (SSSR count). The van der Waals surface area contributed by atoms with Crippen LogP contribution in [0.15, 0.2) is 30.5 Å². The second-order valence-electron chi connectivity index (χ2n) is 5.36. The summed E-state index contributed by atoms with van der Waals surface area (Å²) in [7, 11) is 1.62. The molecule has 8 heteroatoms. The van der Waals surface area contributed by atoms with Crippen molar-refractivity contribution in [2.24, 2.45) is 0 Å². The fraction of sp³-hybridized carbons (Fsp3) is 0.438. The van der Waals surface area contributed by atoms with Crippen molar-refractivity contribution < 1.29 is 19.0 Å². The second kappa shape index (κ2) is 7.78. The zero-order valence-electron chi connectivity index (χ0n) is 13.6. The fourth-order valence-electron chi connectivity index (χ4n) is 2.36. The Hall–Kier alpha value is -2.61. The van der Waals surface area contributed by atoms with Gasteiger partial charge in [0.1, 0.15) is 30.3 Å². The molecule has 1 saturated heterocycles. The number of carbonyl (C=O) groups is 1. The summed E-state index contributed by atoms with van der Waals surface area (Å²) in [6.07, 6.45) is 1.72. The third kappa shape index (κ3) is 4.23. The number of ether oxygens (including phenoxy) is 3. The van der Waals surface area contributed by atoms with E-state index >= 15 is 0 Å². The third-order valence-electron chi connectivity index (χ3n) is 3.69. The monoisotopic (exact) mass is 332 g/mol. The standard InChI is InChI=1S/C16H20N4O4/c1-22-14-2-4-15(5-3-14)24-12-13-10-20(18-17-13)11-16(21)19-6-8-23-9-7-19/h2-5,10H,6-9,11-12H2,1H3. The van der Waals surface area contributed by atoms with Crippen molar-refractivity contribution in [3.8, 4) is 11.5 Å². The summed E-state index contributed by atoms with van der Waals surface area (Å²) in [4.78, 5) is 13.9. The van der Waals surface area contributed by atoms with Crippen LogP contribution in [0.4, 0.5) is 0 Å². The number of carbonyl (C=O) groups excluding carboxylic acids is 1. The van der Waals surface area contributed by atoms with Gasteiger partial charge in [0.2, 0.25) is 5.91 Å². The van der Waals surface area contributed by atoms with Crippen LogP contribution >= 0.6 is 0 Å². The minimum atomic E-state index is 0.0193. The molecular formula is C16H20N4O4. The van der Waals surface area contributed by atoms with Crippen LogP contribution < -0.4 is 9.47 Å². The van der Waals surface area contributed by atoms with Crippen molar-refractivity contribution in [1.29, 1.82) is 0 Å². The molecule has 128 valence electrons. The lowest BCUT2D eigenvalue weighted by atomic mass is 10.3. The molecule has 1 aliphatic heterocycles. The molecule has 0 bridgehead atoms. The largest absolute Gasteiger partial charge is 0.497 e. The lowest BCUT2D eigenvalue weighted by Crippen LogP contribution is -2.42. The summed E-state index contributed by atoms with van der Waals surface area (Å²) < 4.78 is 17.5. The molecule has 0 saturated carbocycles. The van der Waals surface area contributed by atoms with Gasteiger partial charge < -0.3 is 19.1 Å². The van der Waals surface area contributed by atoms with E-state index in [0.29, 0.717) is 32.0 Å². The van der Waals surface area contributed by atoms with E-state index < -0.39 is 0 Å². The molecule has 1 amide bonds. The van der Waals surface area contributed by atoms with Crippen LogP contribution in [-0.2, 0) is 22.7 Å². The lowest BCUT2D eigenvalue weighted by molar-refractivity contribution is -0.136. The van der Waals surface area contributed by atoms with Gasteiger partial charge in [0.25, 0.3) is 0 Å². The Kier molecular flexibility index (Phi) is 5.27. The maximum atomic E-state index is 12.2. The van der Waals surface area contributed by atoms with Gasteiger partial charge in [-0.2, -0.15) is 0 Å². The van der Waals surface area contributed by atoms with E-state index in [9.17, 15) is 4.79 Å². The van der Waals surface area contributed by atoms with E-state index in [2.05, 4.69) is 10.3 Å². The molecule has 1 aromatic heterocycles. The summed E-state index contributed by atoms with van der Waals surface area (Å²) in [5.41, 5.74) is 0.667. The maximum Gasteiger partial charge on any atom is 0.244 e. The lowest BCUT2D eigenvalue weighted by Gasteiger charge is -2.26. The molecule has 0 radical (unpaired) electrons. The Morgan fingerprint density at radius 3 is 2.62 bits per heavy atom. The van der Waals surface area contributed by atoms with Crippen LogP contribution in [-0.4, -0.2) is 59.2 Å². The molecular weight excluding hydrogens is 312 g/mol. The smallest absolute Gasteiger partial charge is 0.244 e. The summed E-state index contributed by atoms with van der Waals surface area (Å²) in [5.74, 6) is 1.51. The predicted molar refractivity (Wildman–Crippen MR) is 84.7 cm³/mol. The van der Waals surface area contributed by atoms with E-state index in [4.69, 9.17) is 14.2 Å². The Bertz CT molecular complexity index is 665. The SMILES string of the molecule is COc1ccc(OCc2cn(CC(=O)N3CCOCC3)nn2)cc1. The molecule has 1 fully saturated rings. The molecule has 0 spiro atoms. The number of hydrogen-bond donors (Lipinski definition) is 0. The highest BCUT2D eigenvalue weighted by atomic mass is 16.5. The summed E-state index contributed by atoms with van der Waals surface area (Å²) in [5, 5.41) is 8.01. The Labute approximate surface area is 139 Å². The normalized spacial score (nSPS) is 14.5. The number of amides is 1. The Balaban J connectivity index is 1.50. The number of hydrogen-bond acceptors (Lipinski definition) is 6. The molecule has 0 aliphatic carbocycles. The molecule has 1 aromatic carbocycles. The number of aromatic nitrogens is 3. The van der Waals surface area contributed by atoms with Crippen molar-refractivity contribution in [1.82, 2.24) is 19.9 Å². The molecule has 2 heterocycles. The van der Waals surface area contributed by atoms with Gasteiger partial charge in [-0.15, -0.1) is 5.10 Å². The van der Waals surface area contributed by atoms with Gasteiger partial charge in [0.15, 0.2) is 0 Å². The molecule has 0 unspecified atom stereocenters. The summed E-state index contributed by atoms with van der Waals surface area (Å²) in [6, 6.07) is 7.30. The van der Waals surface area contributed by atoms with Crippen molar-refractivity contribution >= 4 is 5.91 Å². The van der Waals surface area contributed by atoms with Gasteiger partial charge in [0, 0.05) is 13.1 Å². The van der Waals surface area contributed by atoms with Crippen molar-refractivity contribution in [3.63, 3.8) is 0 Å². The van der Waals surface area contributed by atoms with Crippen LogP contribution in [0.1, 0.15) is 5.69 Å². The molecule has 1 aliphatic rings. The van der Waals surface area contributed by atoms with Gasteiger partial charge in [-0.1, -0.05) is 5.21 Å². The Morgan fingerprint density at radius 2 is 1.92 bits per heavy atom. The van der Waals surface area contributed by atoms with Crippen molar-refractivity contribution in [2.75, 3.05) is 33.4 Å². The van der Waals surface area contributed by atoms with Crippen LogP contribution in [0.25, 0.3) is 0 Å². The molecule has 24 heavy (non-hydrogen) atoms. The van der Waals surface area contributed by atoms with Crippen LogP contribution in [0.5, 0.6) is 11.5 Å². The zero-order chi connectivity index (χ0) is 16.8. The summed E-state index contributed by atoms with van der Waals surface area (Å²) >= 11 is 0. The number of rotatable bonds is 6. The summed E-state index contributed by atoms with van der Waals surface area (Å²) in [6.45, 7) is 2.89. The second-order valence-corrected chi connectivity index (χ2v) is 5.36. The molecule has 0 N–H and O–H groups in total. The van der Waals surface area contributed by atoms with Crippen molar-refractivity contribution in [2.45, 2.75) is 13.2 Å². The average Bonchev–Trinajstić information content (AvgIpc) is 3.08. The predicted octanol–water partition coefficient (Wildman–Crippen LogP) is 0.724. The highest BCUT2D eigenvalue weighted by molar-refractivity contribution is 5.75. The fourth-order valence-corrected chi connectivity index (χ4v) is 2.36. The number of methoxy groups -OCH3 is 1. The molecule has 8 nitrogen and oxygen atoms in total. The van der Waals surface area contributed by atoms with Gasteiger partial charge >= 0.3 is 0 Å². The molecule has 2 aromatic rings. The van der Waals surface area contributed by atoms with Gasteiger partial charge in [-0.25, -0.2) is 4.68 Å². The third-order valence-corrected chi connectivity index (χ3v) is 3.69. The van der Waals surface area contributed by atoms with E-state index in [1.807, 2.05) is 24.3 Å². The number of benzene rings is 1. The average molecular weight is 332 g/mol. The van der Waals surface area contributed by atoms with E-state index in [1.54, 1.807) is 18.2 Å². The van der Waals surface area contributed by atoms with E-state index in [-0.39, 0.29) is 19.1 Å². The van der Waals surface area contributed by atoms with Crippen LogP contribution in [0.2, 0.25) is 0 Å². The van der Waals surface area contributed by atoms with Gasteiger partial charge in [-0.3, -0.25) is 4.79 Å². The van der Waals surface area contributed by atoms with Gasteiger partial charge in [0.05, 0.1) is 26.5 Å². The number of morpholine rings is 1. The minimum Gasteiger partial charge on any atom is -0.497 e. The first kappa shape index (κ1) is 16.3. The minimum absolute atomic E-state index is 0.0193. The zero-order valence-corrected chi connectivity index (χ0v) is 13.6. The van der Waals surface area contributed by atoms with Gasteiger partial charge in [-0.05, 0) is 24.3 Å². The first-order chi connectivity index (χ1) is 11.7. The first-order valence-electron chi connectivity index (χ1n) is 7.76. The first-order valence-corrected chi connectivity index (χ1v) is 7.76. The van der Waals surface area contributed by atoms with E-state index in [1.165, 1.54) is 4.68 Å². The highest BCUT2D eigenvalue weighted by Gasteiger charge is 2.17. The van der Waals surface area contributed by atoms with Crippen molar-refractivity contribution in [3.05, 3.63) is 36.2 Å². The topological polar surface area (TPSA) is 78.7 Å². The number of nitrogens with zero attached hydrogens (tertiary/aromatic N) is 4. The quantitative estimate of drug-likeness (QED) is 0.776.